The van der Waals surface area contributed by atoms with Gasteiger partial charge in [-0.2, -0.15) is 23.1 Å². The van der Waals surface area contributed by atoms with Crippen LogP contribution in [0.1, 0.15) is 53.8 Å². The van der Waals surface area contributed by atoms with E-state index in [0.29, 0.717) is 43.3 Å². The Kier molecular flexibility index (Phi) is 8.35. The van der Waals surface area contributed by atoms with E-state index in [9.17, 15) is 18.0 Å². The maximum atomic E-state index is 15.3. The monoisotopic (exact) mass is 592 g/mol. The van der Waals surface area contributed by atoms with E-state index in [-0.39, 0.29) is 48.3 Å². The van der Waals surface area contributed by atoms with Crippen LogP contribution in [0.2, 0.25) is 0 Å². The smallest absolute Gasteiger partial charge is 0.417 e. The summed E-state index contributed by atoms with van der Waals surface area (Å²) in [6.45, 7) is 9.28. The zero-order chi connectivity index (χ0) is 30.3. The summed E-state index contributed by atoms with van der Waals surface area (Å²) >= 11 is 0. The van der Waals surface area contributed by atoms with Crippen LogP contribution in [0.3, 0.4) is 0 Å². The number of amides is 1. The van der Waals surface area contributed by atoms with Crippen LogP contribution in [-0.4, -0.2) is 77.6 Å². The molecule has 42 heavy (non-hydrogen) atoms. The number of ether oxygens (including phenoxy) is 2. The summed E-state index contributed by atoms with van der Waals surface area (Å²) in [7, 11) is 2.02. The average Bonchev–Trinajstić information content (AvgIpc) is 3.36. The molecule has 0 saturated carbocycles. The third kappa shape index (κ3) is 5.76. The van der Waals surface area contributed by atoms with E-state index >= 15 is 4.39 Å². The number of likely N-dealkylation sites (tertiary alicyclic amines) is 1. The van der Waals surface area contributed by atoms with Crippen LogP contribution < -0.4 is 15.4 Å². The van der Waals surface area contributed by atoms with E-state index in [1.807, 2.05) is 18.9 Å². The summed E-state index contributed by atoms with van der Waals surface area (Å²) < 4.78 is 69.6. The molecule has 1 aromatic carbocycles. The van der Waals surface area contributed by atoms with Gasteiger partial charge in [-0.05, 0) is 58.0 Å². The SMILES string of the molecule is C=CC(=O)N1CCN(c2nc(OC[C@@H]3CCCN3C)nc3c2COC(c2c(F)c(N)cc(C)c2C(F)(F)F)C3)C[C@@H]1C. The number of halogens is 4. The first kappa shape index (κ1) is 30.0. The number of alkyl halides is 3. The maximum absolute atomic E-state index is 15.3. The van der Waals surface area contributed by atoms with Crippen LogP contribution in [0.5, 0.6) is 6.01 Å². The van der Waals surface area contributed by atoms with Crippen LogP contribution in [0.4, 0.5) is 29.1 Å². The lowest BCUT2D eigenvalue weighted by molar-refractivity contribution is -0.140. The number of rotatable bonds is 6. The van der Waals surface area contributed by atoms with Gasteiger partial charge in [0.15, 0.2) is 5.82 Å². The lowest BCUT2D eigenvalue weighted by Gasteiger charge is -2.41. The first-order valence-electron chi connectivity index (χ1n) is 14.1. The lowest BCUT2D eigenvalue weighted by atomic mass is 9.91. The van der Waals surface area contributed by atoms with Gasteiger partial charge in [-0.1, -0.05) is 6.58 Å². The van der Waals surface area contributed by atoms with Gasteiger partial charge in [0.2, 0.25) is 5.91 Å². The molecule has 9 nitrogen and oxygen atoms in total. The normalized spacial score (nSPS) is 23.2. The number of nitrogen functional groups attached to an aromatic ring is 1. The summed E-state index contributed by atoms with van der Waals surface area (Å²) in [5.74, 6) is -0.776. The molecule has 0 spiro atoms. The molecule has 0 radical (unpaired) electrons. The predicted molar refractivity (Wildman–Crippen MR) is 149 cm³/mol. The number of carbonyl (C=O) groups excluding carboxylic acids is 1. The van der Waals surface area contributed by atoms with Crippen molar-refractivity contribution in [1.82, 2.24) is 19.8 Å². The third-order valence-corrected chi connectivity index (χ3v) is 8.45. The molecule has 13 heteroatoms. The number of nitrogens with two attached hydrogens (primary N) is 1. The number of hydrogen-bond donors (Lipinski definition) is 1. The number of nitrogens with zero attached hydrogens (tertiary/aromatic N) is 5. The Bertz CT molecular complexity index is 1370. The number of carbonyl (C=O) groups is 1. The first-order valence-corrected chi connectivity index (χ1v) is 14.1. The molecule has 2 saturated heterocycles. The van der Waals surface area contributed by atoms with Gasteiger partial charge in [0.1, 0.15) is 12.4 Å². The van der Waals surface area contributed by atoms with Gasteiger partial charge in [-0.15, -0.1) is 0 Å². The van der Waals surface area contributed by atoms with E-state index in [1.54, 1.807) is 4.90 Å². The molecule has 3 aliphatic heterocycles. The number of aryl methyl sites for hydroxylation is 1. The fourth-order valence-corrected chi connectivity index (χ4v) is 6.22. The highest BCUT2D eigenvalue weighted by molar-refractivity contribution is 5.87. The highest BCUT2D eigenvalue weighted by atomic mass is 19.4. The summed E-state index contributed by atoms with van der Waals surface area (Å²) in [5, 5.41) is 0. The number of aromatic nitrogens is 2. The van der Waals surface area contributed by atoms with Crippen molar-refractivity contribution in [3.8, 4) is 6.01 Å². The Hall–Kier alpha value is -3.45. The number of hydrogen-bond acceptors (Lipinski definition) is 8. The molecular formula is C29H36F4N6O3. The Labute approximate surface area is 242 Å². The molecular weight excluding hydrogens is 556 g/mol. The molecule has 2 N–H and O–H groups in total. The van der Waals surface area contributed by atoms with Crippen LogP contribution in [0.25, 0.3) is 0 Å². The summed E-state index contributed by atoms with van der Waals surface area (Å²) in [4.78, 5) is 27.5. The standard InChI is InChI=1S/C29H36F4N6O3/c1-5-23(40)39-10-9-38(13-17(39)3)27-19-15-41-22(24-25(29(31,32)33)16(2)11-20(34)26(24)30)12-21(19)35-28(36-27)42-14-18-7-6-8-37(18)4/h5,11,17-18,22H,1,6-10,12-15,34H2,2-4H3/t17-,18-,22?/m0/s1. The van der Waals surface area contributed by atoms with E-state index < -0.39 is 29.2 Å². The zero-order valence-corrected chi connectivity index (χ0v) is 24.0. The second kappa shape index (κ2) is 11.7. The minimum Gasteiger partial charge on any atom is -0.462 e. The van der Waals surface area contributed by atoms with E-state index in [0.717, 1.165) is 25.5 Å². The second-order valence-electron chi connectivity index (χ2n) is 11.3. The van der Waals surface area contributed by atoms with Crippen molar-refractivity contribution in [2.24, 2.45) is 0 Å². The van der Waals surface area contributed by atoms with Crippen molar-refractivity contribution in [3.05, 3.63) is 52.5 Å². The summed E-state index contributed by atoms with van der Waals surface area (Å²) in [6.07, 6.45) is -2.90. The molecule has 1 aromatic heterocycles. The fraction of sp³-hybridized carbons (Fsp3) is 0.552. The quantitative estimate of drug-likeness (QED) is 0.305. The Morgan fingerprint density at radius 2 is 2.05 bits per heavy atom. The minimum atomic E-state index is -4.81. The largest absolute Gasteiger partial charge is 0.462 e. The van der Waals surface area contributed by atoms with Gasteiger partial charge in [0.05, 0.1) is 29.7 Å². The van der Waals surface area contributed by atoms with Crippen LogP contribution in [0.15, 0.2) is 18.7 Å². The molecule has 3 aliphatic rings. The zero-order valence-electron chi connectivity index (χ0n) is 24.0. The van der Waals surface area contributed by atoms with Crippen molar-refractivity contribution in [1.29, 1.82) is 0 Å². The lowest BCUT2D eigenvalue weighted by Crippen LogP contribution is -2.54. The average molecular weight is 593 g/mol. The molecule has 4 heterocycles. The van der Waals surface area contributed by atoms with Crippen molar-refractivity contribution in [2.45, 2.75) is 64.1 Å². The van der Waals surface area contributed by atoms with Crippen LogP contribution >= 0.6 is 0 Å². The highest BCUT2D eigenvalue weighted by Gasteiger charge is 2.42. The molecule has 228 valence electrons. The van der Waals surface area contributed by atoms with Crippen LogP contribution in [0, 0.1) is 12.7 Å². The van der Waals surface area contributed by atoms with Gasteiger partial charge < -0.3 is 29.9 Å². The van der Waals surface area contributed by atoms with Crippen molar-refractivity contribution >= 4 is 17.4 Å². The first-order chi connectivity index (χ1) is 19.9. The molecule has 3 atom stereocenters. The van der Waals surface area contributed by atoms with E-state index in [1.165, 1.54) is 13.0 Å². The van der Waals surface area contributed by atoms with Gasteiger partial charge in [0, 0.05) is 49.3 Å². The van der Waals surface area contributed by atoms with Crippen molar-refractivity contribution < 1.29 is 31.8 Å². The van der Waals surface area contributed by atoms with Gasteiger partial charge in [-0.3, -0.25) is 4.79 Å². The van der Waals surface area contributed by atoms with Crippen LogP contribution in [-0.2, 0) is 28.7 Å². The highest BCUT2D eigenvalue weighted by Crippen LogP contribution is 2.44. The molecule has 2 fully saturated rings. The van der Waals surface area contributed by atoms with E-state index in [4.69, 9.17) is 20.2 Å². The number of benzene rings is 1. The molecule has 2 aromatic rings. The van der Waals surface area contributed by atoms with E-state index in [2.05, 4.69) is 16.5 Å². The molecule has 5 rings (SSSR count). The molecule has 0 aliphatic carbocycles. The molecule has 1 amide bonds. The Morgan fingerprint density at radius 1 is 1.29 bits per heavy atom. The summed E-state index contributed by atoms with van der Waals surface area (Å²) in [6, 6.07) is 1.13. The summed E-state index contributed by atoms with van der Waals surface area (Å²) in [5.41, 5.74) is 4.52. The molecule has 0 bridgehead atoms. The minimum absolute atomic E-state index is 0.0993. The second-order valence-corrected chi connectivity index (χ2v) is 11.3. The molecule has 1 unspecified atom stereocenters. The number of piperazine rings is 1. The number of fused-ring (bicyclic) bond motifs is 1. The predicted octanol–water partition coefficient (Wildman–Crippen LogP) is 4.04. The Morgan fingerprint density at radius 3 is 2.69 bits per heavy atom. The third-order valence-electron chi connectivity index (χ3n) is 8.45. The maximum Gasteiger partial charge on any atom is 0.417 e. The number of anilines is 2. The van der Waals surface area contributed by atoms with Crippen molar-refractivity contribution in [2.75, 3.05) is 50.5 Å². The topological polar surface area (TPSA) is 97.0 Å². The van der Waals surface area contributed by atoms with Gasteiger partial charge >= 0.3 is 12.2 Å². The van der Waals surface area contributed by atoms with Gasteiger partial charge in [0.25, 0.3) is 0 Å². The fourth-order valence-electron chi connectivity index (χ4n) is 6.22. The van der Waals surface area contributed by atoms with Crippen molar-refractivity contribution in [3.63, 3.8) is 0 Å². The van der Waals surface area contributed by atoms with Gasteiger partial charge in [-0.25, -0.2) is 4.39 Å². The Balaban J connectivity index is 1.51. The number of likely N-dealkylation sites (N-methyl/N-ethyl adjacent to an activating group) is 1.